The Morgan fingerprint density at radius 1 is 1.06 bits per heavy atom. The summed E-state index contributed by atoms with van der Waals surface area (Å²) in [4.78, 5) is 4.10. The number of fused-ring (bicyclic) bond motifs is 1. The second kappa shape index (κ2) is 3.80. The van der Waals surface area contributed by atoms with Crippen molar-refractivity contribution in [2.24, 2.45) is 0 Å². The summed E-state index contributed by atoms with van der Waals surface area (Å²) < 4.78 is 32.0. The van der Waals surface area contributed by atoms with Crippen LogP contribution in [-0.2, 0) is 0 Å². The maximum Gasteiger partial charge on any atom is 0.230 e. The van der Waals surface area contributed by atoms with Crippen LogP contribution in [0.2, 0.25) is 0 Å². The van der Waals surface area contributed by atoms with E-state index in [0.29, 0.717) is 11.2 Å². The number of hydrogen-bond donors (Lipinski definition) is 1. The van der Waals surface area contributed by atoms with Crippen LogP contribution >= 0.6 is 0 Å². The highest BCUT2D eigenvalue weighted by Crippen LogP contribution is 2.27. The van der Waals surface area contributed by atoms with Crippen molar-refractivity contribution in [1.29, 1.82) is 0 Å². The van der Waals surface area contributed by atoms with Crippen LogP contribution in [0.1, 0.15) is 0 Å². The lowest BCUT2D eigenvalue weighted by Gasteiger charge is -1.98. The molecule has 0 bridgehead atoms. The molecule has 1 aromatic heterocycles. The lowest BCUT2D eigenvalue weighted by atomic mass is 10.2. The second-order valence-corrected chi connectivity index (χ2v) is 3.87. The predicted molar refractivity (Wildman–Crippen MR) is 63.8 cm³/mol. The summed E-state index contributed by atoms with van der Waals surface area (Å²) in [6.07, 6.45) is 0. The molecular formula is C13H8F2N2O. The molecule has 5 heteroatoms. The Morgan fingerprint density at radius 2 is 1.89 bits per heavy atom. The van der Waals surface area contributed by atoms with E-state index < -0.39 is 11.6 Å². The zero-order chi connectivity index (χ0) is 12.7. The van der Waals surface area contributed by atoms with Crippen LogP contribution in [0.4, 0.5) is 14.5 Å². The molecule has 0 radical (unpaired) electrons. The van der Waals surface area contributed by atoms with Gasteiger partial charge in [0.1, 0.15) is 17.2 Å². The number of nitrogens with two attached hydrogens (primary N) is 1. The third kappa shape index (κ3) is 1.69. The van der Waals surface area contributed by atoms with Crippen molar-refractivity contribution in [3.8, 4) is 11.5 Å². The van der Waals surface area contributed by atoms with Gasteiger partial charge in [0.15, 0.2) is 5.58 Å². The van der Waals surface area contributed by atoms with E-state index in [9.17, 15) is 8.78 Å². The first-order valence-corrected chi connectivity index (χ1v) is 5.25. The van der Waals surface area contributed by atoms with Crippen LogP contribution in [0.3, 0.4) is 0 Å². The maximum absolute atomic E-state index is 13.7. The van der Waals surface area contributed by atoms with Crippen molar-refractivity contribution in [3.05, 3.63) is 48.0 Å². The monoisotopic (exact) mass is 246 g/mol. The molecule has 0 saturated heterocycles. The minimum atomic E-state index is -0.526. The molecule has 3 nitrogen and oxygen atoms in total. The van der Waals surface area contributed by atoms with Crippen LogP contribution in [0.5, 0.6) is 0 Å². The Balaban J connectivity index is 2.19. The molecule has 90 valence electrons. The topological polar surface area (TPSA) is 52.0 Å². The molecule has 2 N–H and O–H groups in total. The first-order valence-electron chi connectivity index (χ1n) is 5.25. The Labute approximate surface area is 101 Å². The number of rotatable bonds is 1. The fourth-order valence-electron chi connectivity index (χ4n) is 1.72. The highest BCUT2D eigenvalue weighted by atomic mass is 19.1. The Kier molecular flexibility index (Phi) is 2.26. The Bertz CT molecular complexity index is 737. The van der Waals surface area contributed by atoms with Gasteiger partial charge in [0.2, 0.25) is 5.89 Å². The van der Waals surface area contributed by atoms with Crippen LogP contribution in [-0.4, -0.2) is 4.98 Å². The smallest absolute Gasteiger partial charge is 0.230 e. The van der Waals surface area contributed by atoms with Gasteiger partial charge in [-0.25, -0.2) is 13.8 Å². The largest absolute Gasteiger partial charge is 0.436 e. The molecule has 1 heterocycles. The number of oxazole rings is 1. The quantitative estimate of drug-likeness (QED) is 0.670. The standard InChI is InChI=1S/C13H8F2N2O/c14-7-1-4-11-12(5-7)18-13(17-11)9-3-2-8(16)6-10(9)15/h1-6H,16H2. The van der Waals surface area contributed by atoms with E-state index in [0.717, 1.165) is 0 Å². The van der Waals surface area contributed by atoms with E-state index in [2.05, 4.69) is 4.98 Å². The van der Waals surface area contributed by atoms with Crippen LogP contribution in [0.25, 0.3) is 22.6 Å². The highest BCUT2D eigenvalue weighted by Gasteiger charge is 2.13. The molecule has 2 aromatic carbocycles. The number of halogens is 2. The van der Waals surface area contributed by atoms with E-state index in [4.69, 9.17) is 10.2 Å². The summed E-state index contributed by atoms with van der Waals surface area (Å²) in [5.74, 6) is -0.849. The van der Waals surface area contributed by atoms with Gasteiger partial charge in [0, 0.05) is 11.8 Å². The average Bonchev–Trinajstić information content (AvgIpc) is 2.71. The number of nitrogens with zero attached hydrogens (tertiary/aromatic N) is 1. The number of benzene rings is 2. The fourth-order valence-corrected chi connectivity index (χ4v) is 1.72. The lowest BCUT2D eigenvalue weighted by Crippen LogP contribution is -1.89. The molecule has 0 spiro atoms. The maximum atomic E-state index is 13.7. The predicted octanol–water partition coefficient (Wildman–Crippen LogP) is 3.36. The van der Waals surface area contributed by atoms with Gasteiger partial charge in [-0.15, -0.1) is 0 Å². The van der Waals surface area contributed by atoms with Crippen LogP contribution in [0, 0.1) is 11.6 Å². The van der Waals surface area contributed by atoms with Gasteiger partial charge in [-0.1, -0.05) is 0 Å². The second-order valence-electron chi connectivity index (χ2n) is 3.87. The van der Waals surface area contributed by atoms with Crippen molar-refractivity contribution in [1.82, 2.24) is 4.98 Å². The minimum absolute atomic E-state index is 0.105. The van der Waals surface area contributed by atoms with E-state index >= 15 is 0 Å². The molecule has 18 heavy (non-hydrogen) atoms. The molecule has 0 fully saturated rings. The van der Waals surface area contributed by atoms with Gasteiger partial charge in [0.05, 0.1) is 5.56 Å². The van der Waals surface area contributed by atoms with Gasteiger partial charge in [-0.3, -0.25) is 0 Å². The summed E-state index contributed by atoms with van der Waals surface area (Å²) in [6, 6.07) is 8.17. The van der Waals surface area contributed by atoms with Gasteiger partial charge in [-0.2, -0.15) is 0 Å². The molecule has 0 aliphatic heterocycles. The fraction of sp³-hybridized carbons (Fsp3) is 0. The minimum Gasteiger partial charge on any atom is -0.436 e. The first kappa shape index (κ1) is 10.7. The molecule has 3 aromatic rings. The third-order valence-corrected chi connectivity index (χ3v) is 2.57. The number of hydrogen-bond acceptors (Lipinski definition) is 3. The first-order chi connectivity index (χ1) is 8.63. The van der Waals surface area contributed by atoms with Crippen molar-refractivity contribution < 1.29 is 13.2 Å². The van der Waals surface area contributed by atoms with Crippen LogP contribution < -0.4 is 5.73 Å². The van der Waals surface area contributed by atoms with Gasteiger partial charge in [0.25, 0.3) is 0 Å². The van der Waals surface area contributed by atoms with E-state index in [-0.39, 0.29) is 17.0 Å². The third-order valence-electron chi connectivity index (χ3n) is 2.57. The molecule has 0 saturated carbocycles. The molecule has 0 atom stereocenters. The van der Waals surface area contributed by atoms with Gasteiger partial charge < -0.3 is 10.2 Å². The number of anilines is 1. The highest BCUT2D eigenvalue weighted by molar-refractivity contribution is 5.76. The summed E-state index contributed by atoms with van der Waals surface area (Å²) in [5, 5.41) is 0. The Hall–Kier alpha value is -2.43. The van der Waals surface area contributed by atoms with Crippen molar-refractivity contribution in [3.63, 3.8) is 0 Å². The average molecular weight is 246 g/mol. The van der Waals surface area contributed by atoms with Crippen LogP contribution in [0.15, 0.2) is 40.8 Å². The van der Waals surface area contributed by atoms with E-state index in [1.165, 1.54) is 30.3 Å². The number of aromatic nitrogens is 1. The molecular weight excluding hydrogens is 238 g/mol. The molecule has 3 rings (SSSR count). The lowest BCUT2D eigenvalue weighted by molar-refractivity contribution is 0.587. The summed E-state index contributed by atoms with van der Waals surface area (Å²) in [6.45, 7) is 0. The summed E-state index contributed by atoms with van der Waals surface area (Å²) >= 11 is 0. The molecule has 0 aliphatic rings. The van der Waals surface area contributed by atoms with Crippen molar-refractivity contribution in [2.75, 3.05) is 5.73 Å². The number of nitrogen functional groups attached to an aromatic ring is 1. The molecule has 0 unspecified atom stereocenters. The van der Waals surface area contributed by atoms with Gasteiger partial charge in [-0.05, 0) is 30.3 Å². The zero-order valence-corrected chi connectivity index (χ0v) is 9.15. The zero-order valence-electron chi connectivity index (χ0n) is 9.15. The van der Waals surface area contributed by atoms with E-state index in [1.807, 2.05) is 0 Å². The molecule has 0 aliphatic carbocycles. The van der Waals surface area contributed by atoms with E-state index in [1.54, 1.807) is 6.07 Å². The normalized spacial score (nSPS) is 11.0. The Morgan fingerprint density at radius 3 is 2.67 bits per heavy atom. The van der Waals surface area contributed by atoms with Crippen molar-refractivity contribution >= 4 is 16.8 Å². The van der Waals surface area contributed by atoms with Crippen molar-refractivity contribution in [2.45, 2.75) is 0 Å². The van der Waals surface area contributed by atoms with Gasteiger partial charge >= 0.3 is 0 Å². The summed E-state index contributed by atoms with van der Waals surface area (Å²) in [7, 11) is 0. The summed E-state index contributed by atoms with van der Waals surface area (Å²) in [5.41, 5.74) is 6.73. The molecule has 0 amide bonds. The SMILES string of the molecule is Nc1ccc(-c2nc3ccc(F)cc3o2)c(F)c1.